The first-order valence-corrected chi connectivity index (χ1v) is 6.96. The van der Waals surface area contributed by atoms with Gasteiger partial charge in [-0.1, -0.05) is 13.3 Å². The van der Waals surface area contributed by atoms with Crippen molar-refractivity contribution < 1.29 is 4.79 Å². The second kappa shape index (κ2) is 7.89. The van der Waals surface area contributed by atoms with Crippen LogP contribution in [0.25, 0.3) is 0 Å². The van der Waals surface area contributed by atoms with Crippen LogP contribution in [0, 0.1) is 5.92 Å². The molecule has 0 radical (unpaired) electrons. The van der Waals surface area contributed by atoms with Gasteiger partial charge in [0.15, 0.2) is 0 Å². The molecule has 19 heavy (non-hydrogen) atoms. The molecule has 3 atom stereocenters. The molecule has 0 aliphatic carbocycles. The van der Waals surface area contributed by atoms with Gasteiger partial charge in [0.05, 0.1) is 6.04 Å². The summed E-state index contributed by atoms with van der Waals surface area (Å²) < 4.78 is 0. The predicted octanol–water partition coefficient (Wildman–Crippen LogP) is 2.41. The van der Waals surface area contributed by atoms with E-state index in [1.165, 1.54) is 0 Å². The van der Waals surface area contributed by atoms with Crippen LogP contribution in [0.4, 0.5) is 0 Å². The Hall–Kier alpha value is -1.42. The number of nitrogens with zero attached hydrogens (tertiary/aromatic N) is 1. The van der Waals surface area contributed by atoms with Crippen LogP contribution in [-0.4, -0.2) is 16.9 Å². The molecule has 0 aromatic carbocycles. The van der Waals surface area contributed by atoms with Crippen LogP contribution in [0.15, 0.2) is 24.5 Å². The SMILES string of the molecule is CC(N)CCCC(C)C(=O)N[C@@H](C)c1ccncc1. The molecule has 0 aliphatic heterocycles. The summed E-state index contributed by atoms with van der Waals surface area (Å²) in [7, 11) is 0. The molecule has 1 aromatic heterocycles. The first-order valence-electron chi connectivity index (χ1n) is 6.96. The van der Waals surface area contributed by atoms with Crippen LogP contribution in [0.3, 0.4) is 0 Å². The number of aromatic nitrogens is 1. The smallest absolute Gasteiger partial charge is 0.223 e. The second-order valence-electron chi connectivity index (χ2n) is 5.32. The largest absolute Gasteiger partial charge is 0.349 e. The number of amides is 1. The van der Waals surface area contributed by atoms with E-state index in [0.29, 0.717) is 0 Å². The van der Waals surface area contributed by atoms with Gasteiger partial charge in [0.2, 0.25) is 5.91 Å². The lowest BCUT2D eigenvalue weighted by Gasteiger charge is -2.18. The first kappa shape index (κ1) is 15.6. The van der Waals surface area contributed by atoms with Gasteiger partial charge in [-0.3, -0.25) is 9.78 Å². The van der Waals surface area contributed by atoms with Crippen molar-refractivity contribution in [3.63, 3.8) is 0 Å². The average Bonchev–Trinajstić information content (AvgIpc) is 2.39. The topological polar surface area (TPSA) is 68.0 Å². The number of nitrogens with one attached hydrogen (secondary N) is 1. The van der Waals surface area contributed by atoms with E-state index >= 15 is 0 Å². The molecule has 4 heteroatoms. The van der Waals surface area contributed by atoms with Crippen LogP contribution >= 0.6 is 0 Å². The maximum Gasteiger partial charge on any atom is 0.223 e. The van der Waals surface area contributed by atoms with Crippen molar-refractivity contribution in [2.75, 3.05) is 0 Å². The summed E-state index contributed by atoms with van der Waals surface area (Å²) in [5.41, 5.74) is 6.78. The Morgan fingerprint density at radius 3 is 2.47 bits per heavy atom. The maximum atomic E-state index is 12.0. The number of carbonyl (C=O) groups is 1. The fourth-order valence-electron chi connectivity index (χ4n) is 1.97. The molecule has 0 aliphatic rings. The summed E-state index contributed by atoms with van der Waals surface area (Å²) in [5, 5.41) is 3.04. The zero-order chi connectivity index (χ0) is 14.3. The highest BCUT2D eigenvalue weighted by atomic mass is 16.1. The highest BCUT2D eigenvalue weighted by Crippen LogP contribution is 2.14. The molecular formula is C15H25N3O. The number of carbonyl (C=O) groups excluding carboxylic acids is 1. The fourth-order valence-corrected chi connectivity index (χ4v) is 1.97. The van der Waals surface area contributed by atoms with E-state index in [-0.39, 0.29) is 23.9 Å². The van der Waals surface area contributed by atoms with Crippen LogP contribution in [0.5, 0.6) is 0 Å². The van der Waals surface area contributed by atoms with Crippen molar-refractivity contribution in [3.8, 4) is 0 Å². The molecule has 2 unspecified atom stereocenters. The monoisotopic (exact) mass is 263 g/mol. The number of nitrogens with two attached hydrogens (primary N) is 1. The van der Waals surface area contributed by atoms with E-state index < -0.39 is 0 Å². The van der Waals surface area contributed by atoms with Gasteiger partial charge in [0, 0.05) is 24.4 Å². The number of pyridine rings is 1. The van der Waals surface area contributed by atoms with Crippen molar-refractivity contribution >= 4 is 5.91 Å². The molecule has 0 spiro atoms. The van der Waals surface area contributed by atoms with E-state index in [0.717, 1.165) is 24.8 Å². The minimum absolute atomic E-state index is 0.0198. The Kier molecular flexibility index (Phi) is 6.50. The molecule has 0 fully saturated rings. The van der Waals surface area contributed by atoms with Crippen LogP contribution in [-0.2, 0) is 4.79 Å². The lowest BCUT2D eigenvalue weighted by molar-refractivity contribution is -0.125. The quantitative estimate of drug-likeness (QED) is 0.793. The third-order valence-corrected chi connectivity index (χ3v) is 3.31. The van der Waals surface area contributed by atoms with E-state index in [1.807, 2.05) is 32.9 Å². The Bertz CT molecular complexity index is 378. The highest BCUT2D eigenvalue weighted by molar-refractivity contribution is 5.78. The van der Waals surface area contributed by atoms with Gasteiger partial charge in [0.1, 0.15) is 0 Å². The van der Waals surface area contributed by atoms with Gasteiger partial charge in [-0.25, -0.2) is 0 Å². The van der Waals surface area contributed by atoms with Crippen LogP contribution in [0.1, 0.15) is 51.6 Å². The first-order chi connectivity index (χ1) is 9.00. The molecule has 0 saturated heterocycles. The number of hydrogen-bond donors (Lipinski definition) is 2. The van der Waals surface area contributed by atoms with Crippen molar-refractivity contribution in [3.05, 3.63) is 30.1 Å². The maximum absolute atomic E-state index is 12.0. The van der Waals surface area contributed by atoms with Crippen molar-refractivity contribution in [1.82, 2.24) is 10.3 Å². The van der Waals surface area contributed by atoms with Crippen molar-refractivity contribution in [2.45, 2.75) is 52.1 Å². The Morgan fingerprint density at radius 2 is 1.89 bits per heavy atom. The summed E-state index contributed by atoms with van der Waals surface area (Å²) in [5.74, 6) is 0.136. The molecule has 0 bridgehead atoms. The van der Waals surface area contributed by atoms with Gasteiger partial charge in [-0.05, 0) is 44.4 Å². The molecule has 1 rings (SSSR count). The normalized spacial score (nSPS) is 15.6. The molecule has 4 nitrogen and oxygen atoms in total. The van der Waals surface area contributed by atoms with Gasteiger partial charge >= 0.3 is 0 Å². The summed E-state index contributed by atoms with van der Waals surface area (Å²) in [6.45, 7) is 5.95. The molecule has 0 saturated carbocycles. The highest BCUT2D eigenvalue weighted by Gasteiger charge is 2.15. The van der Waals surface area contributed by atoms with E-state index in [4.69, 9.17) is 5.73 Å². The van der Waals surface area contributed by atoms with E-state index in [9.17, 15) is 4.79 Å². The molecule has 1 aromatic rings. The summed E-state index contributed by atoms with van der Waals surface area (Å²) in [6.07, 6.45) is 6.33. The number of hydrogen-bond acceptors (Lipinski definition) is 3. The van der Waals surface area contributed by atoms with Crippen LogP contribution in [0.2, 0.25) is 0 Å². The second-order valence-corrected chi connectivity index (χ2v) is 5.32. The van der Waals surface area contributed by atoms with E-state index in [1.54, 1.807) is 12.4 Å². The standard InChI is InChI=1S/C15H25N3O/c1-11(5-4-6-12(2)16)15(19)18-13(3)14-7-9-17-10-8-14/h7-13H,4-6,16H2,1-3H3,(H,18,19)/t11?,12?,13-/m0/s1. The summed E-state index contributed by atoms with van der Waals surface area (Å²) >= 11 is 0. The van der Waals surface area contributed by atoms with Crippen LogP contribution < -0.4 is 11.1 Å². The molecule has 1 amide bonds. The average molecular weight is 263 g/mol. The van der Waals surface area contributed by atoms with Gasteiger partial charge in [-0.2, -0.15) is 0 Å². The summed E-state index contributed by atoms with van der Waals surface area (Å²) in [6, 6.07) is 4.08. The number of rotatable bonds is 7. The molecule has 106 valence electrons. The zero-order valence-corrected chi connectivity index (χ0v) is 12.1. The molecule has 3 N–H and O–H groups in total. The third-order valence-electron chi connectivity index (χ3n) is 3.31. The minimum atomic E-state index is 0.0198. The van der Waals surface area contributed by atoms with Gasteiger partial charge < -0.3 is 11.1 Å². The van der Waals surface area contributed by atoms with Crippen molar-refractivity contribution in [2.24, 2.45) is 11.7 Å². The predicted molar refractivity (Wildman–Crippen MR) is 77.5 cm³/mol. The van der Waals surface area contributed by atoms with Gasteiger partial charge in [0.25, 0.3) is 0 Å². The zero-order valence-electron chi connectivity index (χ0n) is 12.1. The lowest BCUT2D eigenvalue weighted by atomic mass is 10.0. The van der Waals surface area contributed by atoms with E-state index in [2.05, 4.69) is 10.3 Å². The lowest BCUT2D eigenvalue weighted by Crippen LogP contribution is -2.31. The molecular weight excluding hydrogens is 238 g/mol. The fraction of sp³-hybridized carbons (Fsp3) is 0.600. The minimum Gasteiger partial charge on any atom is -0.349 e. The van der Waals surface area contributed by atoms with Crippen molar-refractivity contribution in [1.29, 1.82) is 0 Å². The Morgan fingerprint density at radius 1 is 1.26 bits per heavy atom. The summed E-state index contributed by atoms with van der Waals surface area (Å²) in [4.78, 5) is 16.0. The Balaban J connectivity index is 2.37. The van der Waals surface area contributed by atoms with Gasteiger partial charge in [-0.15, -0.1) is 0 Å². The molecule has 1 heterocycles. The Labute approximate surface area is 115 Å². The third kappa shape index (κ3) is 5.83.